The topological polar surface area (TPSA) is 52.9 Å². The van der Waals surface area contributed by atoms with Gasteiger partial charge in [-0.05, 0) is 12.1 Å². The lowest BCUT2D eigenvalue weighted by Gasteiger charge is -2.16. The van der Waals surface area contributed by atoms with Crippen molar-refractivity contribution in [3.05, 3.63) is 34.9 Å². The van der Waals surface area contributed by atoms with Crippen LogP contribution in [0.5, 0.6) is 0 Å². The van der Waals surface area contributed by atoms with Crippen molar-refractivity contribution in [3.63, 3.8) is 0 Å². The maximum atomic E-state index is 13.3. The van der Waals surface area contributed by atoms with E-state index >= 15 is 0 Å². The summed E-state index contributed by atoms with van der Waals surface area (Å²) in [6.07, 6.45) is -4.03. The van der Waals surface area contributed by atoms with Crippen LogP contribution >= 0.6 is 0 Å². The van der Waals surface area contributed by atoms with Crippen molar-refractivity contribution in [3.8, 4) is 6.07 Å². The van der Waals surface area contributed by atoms with Crippen LogP contribution in [-0.4, -0.2) is 24.8 Å². The van der Waals surface area contributed by atoms with Crippen LogP contribution in [0.1, 0.15) is 15.9 Å². The van der Waals surface area contributed by atoms with Crippen LogP contribution in [0, 0.1) is 23.0 Å². The molecule has 0 aliphatic rings. The van der Waals surface area contributed by atoms with Crippen molar-refractivity contribution in [2.75, 3.05) is 6.54 Å². The summed E-state index contributed by atoms with van der Waals surface area (Å²) in [5.74, 6) is -9.06. The Bertz CT molecular complexity index is 544. The third-order valence-corrected chi connectivity index (χ3v) is 2.20. The number of carbonyl (C=O) groups is 1. The van der Waals surface area contributed by atoms with E-state index in [0.717, 1.165) is 0 Å². The number of alkyl halides is 4. The third kappa shape index (κ3) is 3.40. The minimum atomic E-state index is -4.52. The van der Waals surface area contributed by atoms with Gasteiger partial charge in [-0.3, -0.25) is 4.79 Å². The van der Waals surface area contributed by atoms with E-state index in [2.05, 4.69) is 0 Å². The van der Waals surface area contributed by atoms with Crippen molar-refractivity contribution >= 4 is 5.91 Å². The Balaban J connectivity index is 2.92. The normalized spacial score (nSPS) is 11.3. The van der Waals surface area contributed by atoms with Gasteiger partial charge in [-0.2, -0.15) is 14.0 Å². The standard InChI is InChI=1S/C11H6F6N2O/c12-6-1-5(3-18)2-7(13)8(6)9(20)19-4-11(16,17)10(14)15/h1-2,10H,4H2,(H,19,20). The van der Waals surface area contributed by atoms with Gasteiger partial charge >= 0.3 is 12.3 Å². The number of rotatable bonds is 4. The van der Waals surface area contributed by atoms with Gasteiger partial charge in [-0.1, -0.05) is 0 Å². The largest absolute Gasteiger partial charge is 0.346 e. The number of hydrogen-bond acceptors (Lipinski definition) is 2. The van der Waals surface area contributed by atoms with Crippen LogP contribution in [0.25, 0.3) is 0 Å². The summed E-state index contributed by atoms with van der Waals surface area (Å²) in [5, 5.41) is 9.73. The number of nitrogens with one attached hydrogen (secondary N) is 1. The first-order valence-electron chi connectivity index (χ1n) is 5.02. The minimum absolute atomic E-state index is 0.422. The number of hydrogen-bond donors (Lipinski definition) is 1. The maximum absolute atomic E-state index is 13.3. The molecule has 0 spiro atoms. The van der Waals surface area contributed by atoms with E-state index in [0.29, 0.717) is 12.1 Å². The molecule has 1 rings (SSSR count). The molecule has 3 nitrogen and oxygen atoms in total. The minimum Gasteiger partial charge on any atom is -0.346 e. The molecule has 9 heteroatoms. The molecular formula is C11H6F6N2O. The molecule has 0 atom stereocenters. The van der Waals surface area contributed by atoms with Crippen molar-refractivity contribution < 1.29 is 31.1 Å². The third-order valence-electron chi connectivity index (χ3n) is 2.20. The lowest BCUT2D eigenvalue weighted by Crippen LogP contribution is -2.41. The second kappa shape index (κ2) is 5.81. The Hall–Kier alpha value is -2.24. The molecule has 0 fully saturated rings. The maximum Gasteiger partial charge on any atom is 0.324 e. The predicted molar refractivity (Wildman–Crippen MR) is 54.4 cm³/mol. The van der Waals surface area contributed by atoms with E-state index in [9.17, 15) is 31.1 Å². The van der Waals surface area contributed by atoms with E-state index in [1.807, 2.05) is 0 Å². The molecule has 108 valence electrons. The van der Waals surface area contributed by atoms with E-state index in [1.54, 1.807) is 0 Å². The smallest absolute Gasteiger partial charge is 0.324 e. The Labute approximate surface area is 108 Å². The zero-order valence-corrected chi connectivity index (χ0v) is 9.56. The fraction of sp³-hybridized carbons (Fsp3) is 0.273. The number of benzene rings is 1. The van der Waals surface area contributed by atoms with Crippen molar-refractivity contribution in [2.45, 2.75) is 12.3 Å². The van der Waals surface area contributed by atoms with Gasteiger partial charge in [0, 0.05) is 0 Å². The molecule has 0 aromatic heterocycles. The van der Waals surface area contributed by atoms with Crippen LogP contribution in [-0.2, 0) is 0 Å². The number of carbonyl (C=O) groups excluding carboxylic acids is 1. The highest BCUT2D eigenvalue weighted by atomic mass is 19.3. The monoisotopic (exact) mass is 296 g/mol. The highest BCUT2D eigenvalue weighted by Gasteiger charge is 2.41. The number of nitriles is 1. The molecule has 0 radical (unpaired) electrons. The molecule has 1 amide bonds. The van der Waals surface area contributed by atoms with Gasteiger partial charge in [-0.15, -0.1) is 0 Å². The molecule has 0 heterocycles. The SMILES string of the molecule is N#Cc1cc(F)c(C(=O)NCC(F)(F)C(F)F)c(F)c1. The molecule has 20 heavy (non-hydrogen) atoms. The lowest BCUT2D eigenvalue weighted by molar-refractivity contribution is -0.123. The Morgan fingerprint density at radius 3 is 2.20 bits per heavy atom. The second-order valence-electron chi connectivity index (χ2n) is 3.67. The van der Waals surface area contributed by atoms with Gasteiger partial charge in [0.2, 0.25) is 0 Å². The first-order valence-corrected chi connectivity index (χ1v) is 5.02. The van der Waals surface area contributed by atoms with Gasteiger partial charge in [0.1, 0.15) is 17.2 Å². The number of amides is 1. The van der Waals surface area contributed by atoms with E-state index in [4.69, 9.17) is 5.26 Å². The Morgan fingerprint density at radius 2 is 1.80 bits per heavy atom. The van der Waals surface area contributed by atoms with Crippen LogP contribution in [0.3, 0.4) is 0 Å². The Kier molecular flexibility index (Phi) is 4.60. The Morgan fingerprint density at radius 1 is 1.30 bits per heavy atom. The van der Waals surface area contributed by atoms with Gasteiger partial charge < -0.3 is 5.32 Å². The van der Waals surface area contributed by atoms with Gasteiger partial charge in [0.15, 0.2) is 0 Å². The average molecular weight is 296 g/mol. The summed E-state index contributed by atoms with van der Waals surface area (Å²) in [6, 6.07) is 2.45. The molecule has 1 aromatic rings. The highest BCUT2D eigenvalue weighted by molar-refractivity contribution is 5.94. The molecule has 0 bridgehead atoms. The summed E-state index contributed by atoms with van der Waals surface area (Å²) in [5.41, 5.74) is -1.65. The molecule has 0 saturated heterocycles. The van der Waals surface area contributed by atoms with Crippen molar-refractivity contribution in [1.29, 1.82) is 5.26 Å². The molecule has 0 aliphatic heterocycles. The van der Waals surface area contributed by atoms with Crippen LogP contribution in [0.4, 0.5) is 26.3 Å². The second-order valence-corrected chi connectivity index (χ2v) is 3.67. The molecule has 0 aliphatic carbocycles. The molecule has 1 aromatic carbocycles. The molecule has 1 N–H and O–H groups in total. The van der Waals surface area contributed by atoms with E-state index < -0.39 is 47.6 Å². The van der Waals surface area contributed by atoms with Crippen molar-refractivity contribution in [2.24, 2.45) is 0 Å². The number of halogens is 6. The van der Waals surface area contributed by atoms with Gasteiger partial charge in [0.05, 0.1) is 18.2 Å². The summed E-state index contributed by atoms with van der Waals surface area (Å²) in [4.78, 5) is 11.3. The quantitative estimate of drug-likeness (QED) is 0.868. The zero-order valence-electron chi connectivity index (χ0n) is 9.56. The lowest BCUT2D eigenvalue weighted by atomic mass is 10.1. The number of nitrogens with zero attached hydrogens (tertiary/aromatic N) is 1. The van der Waals surface area contributed by atoms with Crippen molar-refractivity contribution in [1.82, 2.24) is 5.32 Å². The fourth-order valence-electron chi connectivity index (χ4n) is 1.22. The van der Waals surface area contributed by atoms with Gasteiger partial charge in [0.25, 0.3) is 5.91 Å². The molecule has 0 unspecified atom stereocenters. The first-order chi connectivity index (χ1) is 9.19. The summed E-state index contributed by atoms with van der Waals surface area (Å²) < 4.78 is 75.4. The summed E-state index contributed by atoms with van der Waals surface area (Å²) in [6.45, 7) is -1.78. The molecular weight excluding hydrogens is 290 g/mol. The highest BCUT2D eigenvalue weighted by Crippen LogP contribution is 2.22. The average Bonchev–Trinajstić information content (AvgIpc) is 2.35. The van der Waals surface area contributed by atoms with Gasteiger partial charge in [-0.25, -0.2) is 17.6 Å². The van der Waals surface area contributed by atoms with Crippen LogP contribution < -0.4 is 5.32 Å². The molecule has 0 saturated carbocycles. The summed E-state index contributed by atoms with van der Waals surface area (Å²) in [7, 11) is 0. The zero-order chi connectivity index (χ0) is 15.5. The van der Waals surface area contributed by atoms with Crippen LogP contribution in [0.2, 0.25) is 0 Å². The first kappa shape index (κ1) is 15.8. The summed E-state index contributed by atoms with van der Waals surface area (Å²) >= 11 is 0. The van der Waals surface area contributed by atoms with E-state index in [1.165, 1.54) is 11.4 Å². The van der Waals surface area contributed by atoms with E-state index in [-0.39, 0.29) is 0 Å². The fourth-order valence-corrected chi connectivity index (χ4v) is 1.22. The van der Waals surface area contributed by atoms with Crippen LogP contribution in [0.15, 0.2) is 12.1 Å². The predicted octanol–water partition coefficient (Wildman–Crippen LogP) is 2.47.